The lowest BCUT2D eigenvalue weighted by molar-refractivity contribution is -0.267. The van der Waals surface area contributed by atoms with Gasteiger partial charge in [0.1, 0.15) is 0 Å². The number of aliphatic hydroxyl groups excluding tert-OH is 2. The molecule has 0 amide bonds. The molecule has 0 heterocycles. The zero-order chi connectivity index (χ0) is 9.56. The van der Waals surface area contributed by atoms with Gasteiger partial charge in [-0.05, 0) is 13.8 Å². The van der Waals surface area contributed by atoms with Gasteiger partial charge in [-0.3, -0.25) is 0 Å². The summed E-state index contributed by atoms with van der Waals surface area (Å²) in [7, 11) is 0. The maximum Gasteiger partial charge on any atom is 0.164 e. The molecule has 5 heteroatoms. The molecule has 2 unspecified atom stereocenters. The molecular weight excluding hydrogens is 184 g/mol. The molecule has 74 valence electrons. The predicted octanol–water partition coefficient (Wildman–Crippen LogP) is 0.651. The monoisotopic (exact) mass is 198 g/mol. The predicted molar refractivity (Wildman–Crippen MR) is 44.7 cm³/mol. The summed E-state index contributed by atoms with van der Waals surface area (Å²) in [6.45, 7) is 2.93. The van der Waals surface area contributed by atoms with Crippen molar-refractivity contribution in [1.82, 2.24) is 0 Å². The fraction of sp³-hybridized carbons (Fsp3) is 1.00. The Labute approximate surface area is 77.0 Å². The lowest BCUT2D eigenvalue weighted by Crippen LogP contribution is -2.26. The number of aliphatic hydroxyl groups is 2. The Morgan fingerprint density at radius 2 is 1.58 bits per heavy atom. The summed E-state index contributed by atoms with van der Waals surface area (Å²) in [6.07, 6.45) is -2.06. The van der Waals surface area contributed by atoms with Crippen molar-refractivity contribution in [3.8, 4) is 0 Å². The zero-order valence-electron chi connectivity index (χ0n) is 7.24. The summed E-state index contributed by atoms with van der Waals surface area (Å²) < 4.78 is 9.78. The minimum atomic E-state index is -0.919. The van der Waals surface area contributed by atoms with Crippen LogP contribution < -0.4 is 0 Å². The molecule has 0 bridgehead atoms. The van der Waals surface area contributed by atoms with Crippen LogP contribution in [-0.2, 0) is 9.47 Å². The Kier molecular flexibility index (Phi) is 6.70. The maximum absolute atomic E-state index is 8.84. The van der Waals surface area contributed by atoms with E-state index in [-0.39, 0.29) is 0 Å². The molecule has 12 heavy (non-hydrogen) atoms. The molecule has 4 nitrogen and oxygen atoms in total. The van der Waals surface area contributed by atoms with E-state index in [1.54, 1.807) is 0 Å². The largest absolute Gasteiger partial charge is 0.368 e. The van der Waals surface area contributed by atoms with Gasteiger partial charge in [0.25, 0.3) is 0 Å². The van der Waals surface area contributed by atoms with Crippen molar-refractivity contribution in [2.45, 2.75) is 39.1 Å². The zero-order valence-corrected chi connectivity index (χ0v) is 7.99. The third-order valence-electron chi connectivity index (χ3n) is 1.04. The molecule has 0 radical (unpaired) electrons. The van der Waals surface area contributed by atoms with Gasteiger partial charge in [-0.2, -0.15) is 0 Å². The van der Waals surface area contributed by atoms with Crippen LogP contribution in [0.3, 0.4) is 0 Å². The Bertz CT molecular complexity index is 97.6. The molecule has 0 aromatic rings. The summed E-state index contributed by atoms with van der Waals surface area (Å²) in [5, 5.41) is 17.7. The SMILES string of the molecule is CC(O)OC(CCCl)OC(C)O. The molecule has 2 N–H and O–H groups in total. The van der Waals surface area contributed by atoms with E-state index < -0.39 is 18.9 Å². The normalized spacial score (nSPS) is 18.8. The minimum Gasteiger partial charge on any atom is -0.368 e. The lowest BCUT2D eigenvalue weighted by Gasteiger charge is -2.20. The average Bonchev–Trinajstić information content (AvgIpc) is 1.84. The van der Waals surface area contributed by atoms with Crippen molar-refractivity contribution in [1.29, 1.82) is 0 Å². The molecule has 0 spiro atoms. The molecule has 0 fully saturated rings. The van der Waals surface area contributed by atoms with Crippen LogP contribution in [0.25, 0.3) is 0 Å². The summed E-state index contributed by atoms with van der Waals surface area (Å²) in [6, 6.07) is 0. The van der Waals surface area contributed by atoms with Gasteiger partial charge >= 0.3 is 0 Å². The van der Waals surface area contributed by atoms with Crippen molar-refractivity contribution in [3.63, 3.8) is 0 Å². The summed E-state index contributed by atoms with van der Waals surface area (Å²) in [5.74, 6) is 0.351. The Morgan fingerprint density at radius 3 is 1.83 bits per heavy atom. The third kappa shape index (κ3) is 6.82. The smallest absolute Gasteiger partial charge is 0.164 e. The molecule has 0 aliphatic heterocycles. The average molecular weight is 199 g/mol. The molecular formula is C7H15ClO4. The van der Waals surface area contributed by atoms with Gasteiger partial charge in [-0.1, -0.05) is 0 Å². The number of ether oxygens (including phenoxy) is 2. The van der Waals surface area contributed by atoms with Crippen LogP contribution in [0.5, 0.6) is 0 Å². The van der Waals surface area contributed by atoms with Gasteiger partial charge in [0, 0.05) is 12.3 Å². The Morgan fingerprint density at radius 1 is 1.17 bits per heavy atom. The number of hydrogen-bond acceptors (Lipinski definition) is 4. The Hall–Kier alpha value is 0.130. The number of alkyl halides is 1. The molecule has 0 aliphatic rings. The number of rotatable bonds is 6. The molecule has 0 saturated carbocycles. The van der Waals surface area contributed by atoms with E-state index in [1.165, 1.54) is 13.8 Å². The van der Waals surface area contributed by atoms with Gasteiger partial charge in [-0.15, -0.1) is 11.6 Å². The highest BCUT2D eigenvalue weighted by atomic mass is 35.5. The van der Waals surface area contributed by atoms with E-state index in [0.717, 1.165) is 0 Å². The first-order valence-corrected chi connectivity index (χ1v) is 4.32. The van der Waals surface area contributed by atoms with Gasteiger partial charge in [0.15, 0.2) is 18.9 Å². The van der Waals surface area contributed by atoms with Crippen molar-refractivity contribution < 1.29 is 19.7 Å². The van der Waals surface area contributed by atoms with Crippen LogP contribution in [-0.4, -0.2) is 35.0 Å². The highest BCUT2D eigenvalue weighted by molar-refractivity contribution is 6.17. The van der Waals surface area contributed by atoms with Crippen molar-refractivity contribution >= 4 is 11.6 Å². The quantitative estimate of drug-likeness (QED) is 0.486. The highest BCUT2D eigenvalue weighted by Gasteiger charge is 2.13. The van der Waals surface area contributed by atoms with Crippen LogP contribution in [0.2, 0.25) is 0 Å². The minimum absolute atomic E-state index is 0.351. The van der Waals surface area contributed by atoms with Crippen molar-refractivity contribution in [3.05, 3.63) is 0 Å². The van der Waals surface area contributed by atoms with E-state index >= 15 is 0 Å². The molecule has 2 atom stereocenters. The fourth-order valence-corrected chi connectivity index (χ4v) is 0.875. The van der Waals surface area contributed by atoms with Crippen LogP contribution in [0, 0.1) is 0 Å². The Balaban J connectivity index is 3.69. The van der Waals surface area contributed by atoms with Crippen LogP contribution in [0.15, 0.2) is 0 Å². The fourth-order valence-electron chi connectivity index (χ4n) is 0.697. The molecule has 0 aromatic carbocycles. The van der Waals surface area contributed by atoms with Crippen LogP contribution in [0.1, 0.15) is 20.3 Å². The van der Waals surface area contributed by atoms with Gasteiger partial charge in [0.05, 0.1) is 0 Å². The second-order valence-electron chi connectivity index (χ2n) is 2.38. The number of hydrogen-bond donors (Lipinski definition) is 2. The van der Waals surface area contributed by atoms with E-state index in [9.17, 15) is 0 Å². The van der Waals surface area contributed by atoms with Crippen LogP contribution >= 0.6 is 11.6 Å². The first-order valence-electron chi connectivity index (χ1n) is 3.79. The standard InChI is InChI=1S/C7H15ClO4/c1-5(9)11-7(3-4-8)12-6(2)10/h5-7,9-10H,3-4H2,1-2H3. The highest BCUT2D eigenvalue weighted by Crippen LogP contribution is 2.06. The summed E-state index contributed by atoms with van der Waals surface area (Å²) >= 11 is 5.44. The molecule has 0 saturated heterocycles. The van der Waals surface area contributed by atoms with E-state index in [1.807, 2.05) is 0 Å². The first kappa shape index (κ1) is 12.1. The van der Waals surface area contributed by atoms with Crippen molar-refractivity contribution in [2.24, 2.45) is 0 Å². The summed E-state index contributed by atoms with van der Waals surface area (Å²) in [4.78, 5) is 0. The molecule has 0 rings (SSSR count). The van der Waals surface area contributed by atoms with Gasteiger partial charge < -0.3 is 19.7 Å². The lowest BCUT2D eigenvalue weighted by atomic mass is 10.4. The van der Waals surface area contributed by atoms with Crippen molar-refractivity contribution in [2.75, 3.05) is 5.88 Å². The molecule has 0 aliphatic carbocycles. The first-order chi connectivity index (χ1) is 5.56. The maximum atomic E-state index is 8.84. The second kappa shape index (κ2) is 6.62. The van der Waals surface area contributed by atoms with E-state index in [0.29, 0.717) is 12.3 Å². The summed E-state index contributed by atoms with van der Waals surface area (Å²) in [5.41, 5.74) is 0. The topological polar surface area (TPSA) is 58.9 Å². The van der Waals surface area contributed by atoms with E-state index in [4.69, 9.17) is 31.3 Å². The van der Waals surface area contributed by atoms with E-state index in [2.05, 4.69) is 0 Å². The third-order valence-corrected chi connectivity index (χ3v) is 1.26. The molecule has 0 aromatic heterocycles. The van der Waals surface area contributed by atoms with Crippen LogP contribution in [0.4, 0.5) is 0 Å². The number of halogens is 1. The van der Waals surface area contributed by atoms with Gasteiger partial charge in [-0.25, -0.2) is 0 Å². The van der Waals surface area contributed by atoms with Gasteiger partial charge in [0.2, 0.25) is 0 Å². The second-order valence-corrected chi connectivity index (χ2v) is 2.76.